The normalized spacial score (nSPS) is 21.1. The van der Waals surface area contributed by atoms with E-state index in [-0.39, 0.29) is 0 Å². The lowest BCUT2D eigenvalue weighted by atomic mass is 9.97. The largest absolute Gasteiger partial charge is 0.316 e. The second-order valence-corrected chi connectivity index (χ2v) is 5.54. The quantitative estimate of drug-likeness (QED) is 0.806. The van der Waals surface area contributed by atoms with Crippen LogP contribution in [0.25, 0.3) is 0 Å². The number of hydrogen-bond acceptors (Lipinski definition) is 2. The van der Waals surface area contributed by atoms with Gasteiger partial charge in [0.2, 0.25) is 0 Å². The summed E-state index contributed by atoms with van der Waals surface area (Å²) in [6, 6.07) is 9.09. The first kappa shape index (κ1) is 13.6. The Balaban J connectivity index is 1.75. The Morgan fingerprint density at radius 1 is 1.33 bits per heavy atom. The van der Waals surface area contributed by atoms with Gasteiger partial charge in [0, 0.05) is 6.54 Å². The Bertz CT molecular complexity index is 339. The standard InChI is InChI=1S/C16H26N2/c1-3-13(2)16-6-4-14(5-7-16)10-18-12-15-8-9-17-11-15/h4-7,13,15,17-18H,3,8-12H2,1-2H3. The molecule has 1 aliphatic heterocycles. The van der Waals surface area contributed by atoms with Crippen LogP contribution in [0.3, 0.4) is 0 Å². The third-order valence-corrected chi connectivity index (χ3v) is 4.09. The van der Waals surface area contributed by atoms with Crippen molar-refractivity contribution in [1.29, 1.82) is 0 Å². The Morgan fingerprint density at radius 3 is 2.72 bits per heavy atom. The summed E-state index contributed by atoms with van der Waals surface area (Å²) in [7, 11) is 0. The summed E-state index contributed by atoms with van der Waals surface area (Å²) in [6.07, 6.45) is 2.53. The van der Waals surface area contributed by atoms with E-state index in [4.69, 9.17) is 0 Å². The lowest BCUT2D eigenvalue weighted by Crippen LogP contribution is -2.24. The molecule has 1 fully saturated rings. The zero-order valence-electron chi connectivity index (χ0n) is 11.7. The van der Waals surface area contributed by atoms with Crippen molar-refractivity contribution in [2.45, 2.75) is 39.2 Å². The summed E-state index contributed by atoms with van der Waals surface area (Å²) in [6.45, 7) is 9.05. The third-order valence-electron chi connectivity index (χ3n) is 4.09. The van der Waals surface area contributed by atoms with Crippen molar-refractivity contribution >= 4 is 0 Å². The molecule has 0 amide bonds. The summed E-state index contributed by atoms with van der Waals surface area (Å²) in [5, 5.41) is 6.97. The van der Waals surface area contributed by atoms with Crippen LogP contribution < -0.4 is 10.6 Å². The van der Waals surface area contributed by atoms with E-state index in [0.717, 1.165) is 19.0 Å². The van der Waals surface area contributed by atoms with Gasteiger partial charge in [-0.05, 0) is 55.4 Å². The highest BCUT2D eigenvalue weighted by Gasteiger charge is 2.13. The minimum Gasteiger partial charge on any atom is -0.316 e. The van der Waals surface area contributed by atoms with Crippen LogP contribution in [0.1, 0.15) is 43.7 Å². The highest BCUT2D eigenvalue weighted by molar-refractivity contribution is 5.24. The molecule has 0 aliphatic carbocycles. The third kappa shape index (κ3) is 3.82. The van der Waals surface area contributed by atoms with Gasteiger partial charge in [-0.25, -0.2) is 0 Å². The first-order valence-electron chi connectivity index (χ1n) is 7.30. The second-order valence-electron chi connectivity index (χ2n) is 5.54. The molecule has 0 saturated carbocycles. The fourth-order valence-electron chi connectivity index (χ4n) is 2.51. The van der Waals surface area contributed by atoms with Crippen molar-refractivity contribution in [2.75, 3.05) is 19.6 Å². The molecule has 0 bridgehead atoms. The van der Waals surface area contributed by atoms with Crippen LogP contribution in [0.2, 0.25) is 0 Å². The molecule has 2 atom stereocenters. The van der Waals surface area contributed by atoms with Crippen molar-refractivity contribution in [1.82, 2.24) is 10.6 Å². The van der Waals surface area contributed by atoms with E-state index >= 15 is 0 Å². The summed E-state index contributed by atoms with van der Waals surface area (Å²) in [5.41, 5.74) is 2.86. The smallest absolute Gasteiger partial charge is 0.0205 e. The van der Waals surface area contributed by atoms with Crippen LogP contribution in [0, 0.1) is 5.92 Å². The zero-order valence-corrected chi connectivity index (χ0v) is 11.7. The maximum absolute atomic E-state index is 3.57. The first-order valence-corrected chi connectivity index (χ1v) is 7.30. The number of nitrogens with one attached hydrogen (secondary N) is 2. The van der Waals surface area contributed by atoms with E-state index in [1.54, 1.807) is 0 Å². The molecule has 1 saturated heterocycles. The lowest BCUT2D eigenvalue weighted by molar-refractivity contribution is 0.512. The second kappa shape index (κ2) is 6.91. The fourth-order valence-corrected chi connectivity index (χ4v) is 2.51. The molecule has 2 unspecified atom stereocenters. The molecule has 2 nitrogen and oxygen atoms in total. The first-order chi connectivity index (χ1) is 8.79. The number of rotatable bonds is 6. The molecular formula is C16H26N2. The van der Waals surface area contributed by atoms with Crippen molar-refractivity contribution in [3.63, 3.8) is 0 Å². The lowest BCUT2D eigenvalue weighted by Gasteiger charge is -2.12. The van der Waals surface area contributed by atoms with Gasteiger partial charge >= 0.3 is 0 Å². The van der Waals surface area contributed by atoms with Gasteiger partial charge in [-0.1, -0.05) is 38.1 Å². The van der Waals surface area contributed by atoms with E-state index in [1.807, 2.05) is 0 Å². The van der Waals surface area contributed by atoms with E-state index in [0.29, 0.717) is 5.92 Å². The average Bonchev–Trinajstić information content (AvgIpc) is 2.92. The van der Waals surface area contributed by atoms with E-state index in [1.165, 1.54) is 37.1 Å². The predicted octanol–water partition coefficient (Wildman–Crippen LogP) is 2.90. The van der Waals surface area contributed by atoms with Crippen LogP contribution in [0.5, 0.6) is 0 Å². The molecule has 1 aromatic rings. The van der Waals surface area contributed by atoms with E-state index < -0.39 is 0 Å². The SMILES string of the molecule is CCC(C)c1ccc(CNCC2CCNC2)cc1. The topological polar surface area (TPSA) is 24.1 Å². The van der Waals surface area contributed by atoms with Crippen LogP contribution in [0.15, 0.2) is 24.3 Å². The van der Waals surface area contributed by atoms with Crippen molar-refractivity contribution in [3.05, 3.63) is 35.4 Å². The van der Waals surface area contributed by atoms with Gasteiger partial charge in [0.25, 0.3) is 0 Å². The van der Waals surface area contributed by atoms with Crippen LogP contribution >= 0.6 is 0 Å². The summed E-state index contributed by atoms with van der Waals surface area (Å²) in [4.78, 5) is 0. The van der Waals surface area contributed by atoms with Gasteiger partial charge in [0.15, 0.2) is 0 Å². The molecule has 18 heavy (non-hydrogen) atoms. The van der Waals surface area contributed by atoms with Crippen molar-refractivity contribution < 1.29 is 0 Å². The van der Waals surface area contributed by atoms with Crippen LogP contribution in [-0.2, 0) is 6.54 Å². The monoisotopic (exact) mass is 246 g/mol. The van der Waals surface area contributed by atoms with Gasteiger partial charge in [-0.2, -0.15) is 0 Å². The average molecular weight is 246 g/mol. The van der Waals surface area contributed by atoms with Gasteiger partial charge in [0.1, 0.15) is 0 Å². The molecule has 2 N–H and O–H groups in total. The molecule has 2 heteroatoms. The Kier molecular flexibility index (Phi) is 5.21. The molecule has 1 aliphatic rings. The predicted molar refractivity (Wildman–Crippen MR) is 77.8 cm³/mol. The maximum atomic E-state index is 3.57. The molecule has 100 valence electrons. The minimum absolute atomic E-state index is 0.677. The fraction of sp³-hybridized carbons (Fsp3) is 0.625. The summed E-state index contributed by atoms with van der Waals surface area (Å²) < 4.78 is 0. The molecule has 0 radical (unpaired) electrons. The molecular weight excluding hydrogens is 220 g/mol. The van der Waals surface area contributed by atoms with Gasteiger partial charge < -0.3 is 10.6 Å². The number of benzene rings is 1. The Hall–Kier alpha value is -0.860. The van der Waals surface area contributed by atoms with Crippen LogP contribution in [0.4, 0.5) is 0 Å². The number of hydrogen-bond donors (Lipinski definition) is 2. The van der Waals surface area contributed by atoms with E-state index in [2.05, 4.69) is 48.7 Å². The highest BCUT2D eigenvalue weighted by Crippen LogP contribution is 2.18. The Labute approximate surface area is 111 Å². The molecule has 1 aromatic carbocycles. The minimum atomic E-state index is 0.677. The van der Waals surface area contributed by atoms with Crippen molar-refractivity contribution in [2.24, 2.45) is 5.92 Å². The van der Waals surface area contributed by atoms with E-state index in [9.17, 15) is 0 Å². The molecule has 0 spiro atoms. The molecule has 2 rings (SSSR count). The summed E-state index contributed by atoms with van der Waals surface area (Å²) in [5.74, 6) is 1.50. The summed E-state index contributed by atoms with van der Waals surface area (Å²) >= 11 is 0. The zero-order chi connectivity index (χ0) is 12.8. The molecule has 1 heterocycles. The van der Waals surface area contributed by atoms with Crippen molar-refractivity contribution in [3.8, 4) is 0 Å². The molecule has 0 aromatic heterocycles. The van der Waals surface area contributed by atoms with Gasteiger partial charge in [-0.3, -0.25) is 0 Å². The van der Waals surface area contributed by atoms with Crippen LogP contribution in [-0.4, -0.2) is 19.6 Å². The van der Waals surface area contributed by atoms with Gasteiger partial charge in [0.05, 0.1) is 0 Å². The maximum Gasteiger partial charge on any atom is 0.0205 e. The van der Waals surface area contributed by atoms with Gasteiger partial charge in [-0.15, -0.1) is 0 Å². The Morgan fingerprint density at radius 2 is 2.11 bits per heavy atom. The highest BCUT2D eigenvalue weighted by atomic mass is 14.9.